The molecule has 0 unspecified atom stereocenters. The van der Waals surface area contributed by atoms with E-state index in [-0.39, 0.29) is 0 Å². The standard InChI is InChI=1S/C28H24N6O2/c1-17-13-21(20-7-10-24(35-4)30-16-20)14-18(2)26(17)36-27-25-23(11-12-34(25)3)32-28(33-27)31-22-8-5-19(15-29)6-9-22/h5-14,16H,1-4H3,(H,31,32,33). The molecule has 3 aromatic heterocycles. The number of nitrogens with zero attached hydrogens (tertiary/aromatic N) is 5. The van der Waals surface area contributed by atoms with Gasteiger partial charge in [-0.2, -0.15) is 10.2 Å². The number of rotatable bonds is 6. The fraction of sp³-hybridized carbons (Fsp3) is 0.143. The summed E-state index contributed by atoms with van der Waals surface area (Å²) in [6.07, 6.45) is 3.73. The molecule has 178 valence electrons. The maximum absolute atomic E-state index is 9.04. The van der Waals surface area contributed by atoms with Crippen LogP contribution in [0.2, 0.25) is 0 Å². The highest BCUT2D eigenvalue weighted by molar-refractivity contribution is 5.83. The lowest BCUT2D eigenvalue weighted by atomic mass is 10.0. The summed E-state index contributed by atoms with van der Waals surface area (Å²) in [4.78, 5) is 13.7. The molecule has 0 atom stereocenters. The van der Waals surface area contributed by atoms with Gasteiger partial charge in [0.1, 0.15) is 11.3 Å². The second-order valence-electron chi connectivity index (χ2n) is 8.46. The van der Waals surface area contributed by atoms with Gasteiger partial charge in [-0.1, -0.05) is 0 Å². The van der Waals surface area contributed by atoms with E-state index < -0.39 is 0 Å². The quantitative estimate of drug-likeness (QED) is 0.318. The minimum Gasteiger partial charge on any atom is -0.481 e. The van der Waals surface area contributed by atoms with Gasteiger partial charge in [0.25, 0.3) is 0 Å². The van der Waals surface area contributed by atoms with Crippen LogP contribution in [-0.4, -0.2) is 26.6 Å². The molecule has 3 heterocycles. The van der Waals surface area contributed by atoms with Crippen LogP contribution < -0.4 is 14.8 Å². The van der Waals surface area contributed by atoms with E-state index >= 15 is 0 Å². The van der Waals surface area contributed by atoms with Crippen LogP contribution in [-0.2, 0) is 7.05 Å². The molecular formula is C28H24N6O2. The molecular weight excluding hydrogens is 452 g/mol. The van der Waals surface area contributed by atoms with Gasteiger partial charge < -0.3 is 19.4 Å². The molecule has 0 amide bonds. The number of aryl methyl sites for hydroxylation is 3. The normalized spacial score (nSPS) is 10.8. The molecule has 5 rings (SSSR count). The molecule has 0 aliphatic carbocycles. The third-order valence-corrected chi connectivity index (χ3v) is 5.90. The van der Waals surface area contributed by atoms with Crippen molar-refractivity contribution in [2.45, 2.75) is 13.8 Å². The average molecular weight is 477 g/mol. The lowest BCUT2D eigenvalue weighted by Gasteiger charge is -2.15. The van der Waals surface area contributed by atoms with Crippen LogP contribution in [0.4, 0.5) is 11.6 Å². The molecule has 2 aromatic carbocycles. The molecule has 0 fully saturated rings. The molecule has 0 radical (unpaired) electrons. The zero-order valence-corrected chi connectivity index (χ0v) is 20.4. The third kappa shape index (κ3) is 4.42. The maximum Gasteiger partial charge on any atom is 0.249 e. The fourth-order valence-corrected chi connectivity index (χ4v) is 4.09. The van der Waals surface area contributed by atoms with E-state index in [1.54, 1.807) is 25.4 Å². The number of hydrogen-bond donors (Lipinski definition) is 1. The molecule has 1 N–H and O–H groups in total. The highest BCUT2D eigenvalue weighted by atomic mass is 16.5. The average Bonchev–Trinajstić information content (AvgIpc) is 3.27. The topological polar surface area (TPSA) is 97.9 Å². The first-order valence-corrected chi connectivity index (χ1v) is 11.3. The predicted molar refractivity (Wildman–Crippen MR) is 139 cm³/mol. The van der Waals surface area contributed by atoms with Crippen molar-refractivity contribution >= 4 is 22.7 Å². The number of fused-ring (bicyclic) bond motifs is 1. The van der Waals surface area contributed by atoms with Crippen LogP contribution in [0.25, 0.3) is 22.2 Å². The summed E-state index contributed by atoms with van der Waals surface area (Å²) in [5.74, 6) is 2.18. The predicted octanol–water partition coefficient (Wildman–Crippen LogP) is 6.06. The number of pyridine rings is 1. The summed E-state index contributed by atoms with van der Waals surface area (Å²) in [7, 11) is 3.54. The smallest absolute Gasteiger partial charge is 0.249 e. The van der Waals surface area contributed by atoms with Gasteiger partial charge in [0.15, 0.2) is 0 Å². The molecule has 0 saturated carbocycles. The minimum absolute atomic E-state index is 0.407. The molecule has 0 bridgehead atoms. The first kappa shape index (κ1) is 22.9. The lowest BCUT2D eigenvalue weighted by molar-refractivity contribution is 0.398. The summed E-state index contributed by atoms with van der Waals surface area (Å²) in [5, 5.41) is 12.3. The zero-order chi connectivity index (χ0) is 25.2. The van der Waals surface area contributed by atoms with E-state index in [4.69, 9.17) is 19.7 Å². The molecule has 0 aliphatic heterocycles. The maximum atomic E-state index is 9.04. The van der Waals surface area contributed by atoms with Gasteiger partial charge >= 0.3 is 0 Å². The van der Waals surface area contributed by atoms with Crippen LogP contribution >= 0.6 is 0 Å². The van der Waals surface area contributed by atoms with Gasteiger partial charge in [0, 0.05) is 36.8 Å². The second-order valence-corrected chi connectivity index (χ2v) is 8.46. The Kier molecular flexibility index (Phi) is 5.97. The fourth-order valence-electron chi connectivity index (χ4n) is 4.09. The van der Waals surface area contributed by atoms with E-state index in [0.29, 0.717) is 23.3 Å². The van der Waals surface area contributed by atoms with Crippen LogP contribution in [0.1, 0.15) is 16.7 Å². The Bertz CT molecular complexity index is 1580. The number of nitrogens with one attached hydrogen (secondary N) is 1. The summed E-state index contributed by atoms with van der Waals surface area (Å²) in [6.45, 7) is 4.03. The van der Waals surface area contributed by atoms with Gasteiger partial charge in [-0.15, -0.1) is 0 Å². The Morgan fingerprint density at radius 3 is 2.33 bits per heavy atom. The number of aromatic nitrogens is 4. The van der Waals surface area contributed by atoms with E-state index in [2.05, 4.69) is 33.5 Å². The number of ether oxygens (including phenoxy) is 2. The number of nitriles is 1. The van der Waals surface area contributed by atoms with Crippen molar-refractivity contribution in [1.82, 2.24) is 19.5 Å². The van der Waals surface area contributed by atoms with Crippen molar-refractivity contribution in [2.24, 2.45) is 7.05 Å². The zero-order valence-electron chi connectivity index (χ0n) is 20.4. The first-order valence-electron chi connectivity index (χ1n) is 11.3. The van der Waals surface area contributed by atoms with Crippen molar-refractivity contribution in [3.8, 4) is 34.7 Å². The van der Waals surface area contributed by atoms with Gasteiger partial charge in [0.2, 0.25) is 17.7 Å². The van der Waals surface area contributed by atoms with E-state index in [1.165, 1.54) is 0 Å². The highest BCUT2D eigenvalue weighted by Crippen LogP contribution is 2.36. The lowest BCUT2D eigenvalue weighted by Crippen LogP contribution is -2.02. The van der Waals surface area contributed by atoms with Gasteiger partial charge in [-0.05, 0) is 79.1 Å². The van der Waals surface area contributed by atoms with Gasteiger partial charge in [0.05, 0.1) is 24.3 Å². The van der Waals surface area contributed by atoms with Crippen molar-refractivity contribution in [1.29, 1.82) is 5.26 Å². The second kappa shape index (κ2) is 9.39. The Morgan fingerprint density at radius 2 is 1.69 bits per heavy atom. The monoisotopic (exact) mass is 476 g/mol. The van der Waals surface area contributed by atoms with Crippen LogP contribution in [0.15, 0.2) is 67.0 Å². The molecule has 5 aromatic rings. The van der Waals surface area contributed by atoms with Crippen molar-refractivity contribution < 1.29 is 9.47 Å². The summed E-state index contributed by atoms with van der Waals surface area (Å²) < 4.78 is 13.6. The minimum atomic E-state index is 0.407. The van der Waals surface area contributed by atoms with Gasteiger partial charge in [-0.25, -0.2) is 9.97 Å². The van der Waals surface area contributed by atoms with Crippen molar-refractivity contribution in [3.05, 3.63) is 83.7 Å². The Morgan fingerprint density at radius 1 is 0.944 bits per heavy atom. The number of hydrogen-bond acceptors (Lipinski definition) is 7. The number of methoxy groups -OCH3 is 1. The van der Waals surface area contributed by atoms with Crippen LogP contribution in [0.5, 0.6) is 17.5 Å². The molecule has 8 nitrogen and oxygen atoms in total. The molecule has 0 spiro atoms. The number of anilines is 2. The summed E-state index contributed by atoms with van der Waals surface area (Å²) in [5.41, 5.74) is 6.91. The molecule has 0 aliphatic rings. The van der Waals surface area contributed by atoms with Crippen molar-refractivity contribution in [2.75, 3.05) is 12.4 Å². The molecule has 0 saturated heterocycles. The number of benzene rings is 2. The Labute approximate surface area is 208 Å². The Hall–Kier alpha value is -4.90. The van der Waals surface area contributed by atoms with E-state index in [1.807, 2.05) is 62.0 Å². The molecule has 36 heavy (non-hydrogen) atoms. The molecule has 8 heteroatoms. The summed E-state index contributed by atoms with van der Waals surface area (Å²) >= 11 is 0. The Balaban J connectivity index is 1.50. The highest BCUT2D eigenvalue weighted by Gasteiger charge is 2.17. The van der Waals surface area contributed by atoms with Crippen LogP contribution in [0, 0.1) is 25.2 Å². The van der Waals surface area contributed by atoms with Crippen LogP contribution in [0.3, 0.4) is 0 Å². The van der Waals surface area contributed by atoms with Crippen molar-refractivity contribution in [3.63, 3.8) is 0 Å². The summed E-state index contributed by atoms with van der Waals surface area (Å²) in [6, 6.07) is 19.1. The van der Waals surface area contributed by atoms with E-state index in [0.717, 1.165) is 44.7 Å². The first-order chi connectivity index (χ1) is 17.4. The SMILES string of the molecule is COc1ccc(-c2cc(C)c(Oc3nc(Nc4ccc(C#N)cc4)nc4ccn(C)c34)c(C)c2)cn1. The van der Waals surface area contributed by atoms with E-state index in [9.17, 15) is 0 Å². The third-order valence-electron chi connectivity index (χ3n) is 5.90. The van der Waals surface area contributed by atoms with Gasteiger partial charge in [-0.3, -0.25) is 0 Å². The largest absolute Gasteiger partial charge is 0.481 e.